The summed E-state index contributed by atoms with van der Waals surface area (Å²) in [4.78, 5) is 0. The summed E-state index contributed by atoms with van der Waals surface area (Å²) in [6, 6.07) is 0. The van der Waals surface area contributed by atoms with Crippen molar-refractivity contribution in [2.24, 2.45) is 7.05 Å². The van der Waals surface area contributed by atoms with E-state index in [4.69, 9.17) is 4.74 Å². The molecule has 0 aliphatic carbocycles. The van der Waals surface area contributed by atoms with Gasteiger partial charge in [-0.15, -0.1) is 0 Å². The second kappa shape index (κ2) is 3.93. The molecule has 1 aromatic rings. The van der Waals surface area contributed by atoms with E-state index < -0.39 is 0 Å². The summed E-state index contributed by atoms with van der Waals surface area (Å²) in [5.74, 6) is 0.854. The van der Waals surface area contributed by atoms with Gasteiger partial charge in [0.15, 0.2) is 0 Å². The lowest BCUT2D eigenvalue weighted by molar-refractivity contribution is 0.361. The number of aromatic nitrogens is 2. The standard InChI is InChI=1S/C10H17BrN2O/c1-7-8(10(2,3)6-11)9(14-5)13(4)12-7/h6H2,1-5H3. The van der Waals surface area contributed by atoms with E-state index in [1.807, 2.05) is 14.0 Å². The van der Waals surface area contributed by atoms with Gasteiger partial charge in [-0.05, 0) is 6.92 Å². The van der Waals surface area contributed by atoms with E-state index in [0.717, 1.165) is 16.9 Å². The summed E-state index contributed by atoms with van der Waals surface area (Å²) in [7, 11) is 3.59. The Bertz CT molecular complexity index is 331. The predicted octanol–water partition coefficient (Wildman–Crippen LogP) is 2.41. The quantitative estimate of drug-likeness (QED) is 0.781. The molecule has 0 radical (unpaired) electrons. The summed E-state index contributed by atoms with van der Waals surface area (Å²) < 4.78 is 7.15. The molecule has 0 saturated heterocycles. The van der Waals surface area contributed by atoms with Crippen molar-refractivity contribution in [1.82, 2.24) is 9.78 Å². The molecule has 1 heterocycles. The van der Waals surface area contributed by atoms with Gasteiger partial charge in [0, 0.05) is 23.4 Å². The van der Waals surface area contributed by atoms with Gasteiger partial charge in [0.1, 0.15) is 0 Å². The molecule has 0 aliphatic heterocycles. The van der Waals surface area contributed by atoms with Crippen molar-refractivity contribution in [1.29, 1.82) is 0 Å². The number of alkyl halides is 1. The first-order valence-electron chi connectivity index (χ1n) is 4.58. The fourth-order valence-electron chi connectivity index (χ4n) is 1.72. The Balaban J connectivity index is 3.32. The molecular formula is C10H17BrN2O. The largest absolute Gasteiger partial charge is 0.481 e. The lowest BCUT2D eigenvalue weighted by Crippen LogP contribution is -2.20. The third kappa shape index (κ3) is 1.80. The predicted molar refractivity (Wildman–Crippen MR) is 61.3 cm³/mol. The first-order valence-corrected chi connectivity index (χ1v) is 5.70. The second-order valence-corrected chi connectivity index (χ2v) is 4.67. The van der Waals surface area contributed by atoms with Crippen molar-refractivity contribution >= 4 is 15.9 Å². The number of hydrogen-bond acceptors (Lipinski definition) is 2. The van der Waals surface area contributed by atoms with E-state index in [1.165, 1.54) is 5.56 Å². The highest BCUT2D eigenvalue weighted by molar-refractivity contribution is 9.09. The zero-order chi connectivity index (χ0) is 10.9. The van der Waals surface area contributed by atoms with Gasteiger partial charge in [0.2, 0.25) is 5.88 Å². The number of nitrogens with zero attached hydrogens (tertiary/aromatic N) is 2. The number of halogens is 1. The van der Waals surface area contributed by atoms with Crippen LogP contribution in [-0.4, -0.2) is 22.2 Å². The molecule has 0 unspecified atom stereocenters. The smallest absolute Gasteiger partial charge is 0.215 e. The van der Waals surface area contributed by atoms with Crippen molar-refractivity contribution in [3.63, 3.8) is 0 Å². The third-order valence-electron chi connectivity index (χ3n) is 2.37. The van der Waals surface area contributed by atoms with Crippen molar-refractivity contribution in [3.05, 3.63) is 11.3 Å². The van der Waals surface area contributed by atoms with Gasteiger partial charge in [0.05, 0.1) is 12.8 Å². The normalized spacial score (nSPS) is 11.9. The molecule has 0 N–H and O–H groups in total. The van der Waals surface area contributed by atoms with E-state index in [-0.39, 0.29) is 5.41 Å². The molecule has 14 heavy (non-hydrogen) atoms. The molecule has 0 bridgehead atoms. The van der Waals surface area contributed by atoms with Crippen LogP contribution in [0.15, 0.2) is 0 Å². The van der Waals surface area contributed by atoms with Gasteiger partial charge < -0.3 is 4.74 Å². The van der Waals surface area contributed by atoms with Crippen molar-refractivity contribution in [3.8, 4) is 5.88 Å². The van der Waals surface area contributed by atoms with Crippen LogP contribution in [0.2, 0.25) is 0 Å². The number of rotatable bonds is 3. The number of ether oxygens (including phenoxy) is 1. The van der Waals surface area contributed by atoms with Crippen LogP contribution in [0.25, 0.3) is 0 Å². The van der Waals surface area contributed by atoms with Gasteiger partial charge in [0.25, 0.3) is 0 Å². The summed E-state index contributed by atoms with van der Waals surface area (Å²) in [5, 5.41) is 5.26. The lowest BCUT2D eigenvalue weighted by Gasteiger charge is -2.22. The summed E-state index contributed by atoms with van der Waals surface area (Å²) in [6.45, 7) is 6.37. The minimum Gasteiger partial charge on any atom is -0.481 e. The second-order valence-electron chi connectivity index (χ2n) is 4.11. The zero-order valence-corrected chi connectivity index (χ0v) is 11.0. The van der Waals surface area contributed by atoms with Crippen LogP contribution in [0.4, 0.5) is 0 Å². The molecular weight excluding hydrogens is 244 g/mol. The topological polar surface area (TPSA) is 27.1 Å². The van der Waals surface area contributed by atoms with E-state index in [9.17, 15) is 0 Å². The van der Waals surface area contributed by atoms with E-state index in [0.29, 0.717) is 0 Å². The Morgan fingerprint density at radius 1 is 1.50 bits per heavy atom. The van der Waals surface area contributed by atoms with Crippen LogP contribution in [0.5, 0.6) is 5.88 Å². The Morgan fingerprint density at radius 3 is 2.50 bits per heavy atom. The Kier molecular flexibility index (Phi) is 3.24. The van der Waals surface area contributed by atoms with Crippen LogP contribution >= 0.6 is 15.9 Å². The average molecular weight is 261 g/mol. The van der Waals surface area contributed by atoms with Gasteiger partial charge in [-0.3, -0.25) is 0 Å². The number of aryl methyl sites for hydroxylation is 2. The van der Waals surface area contributed by atoms with Crippen molar-refractivity contribution in [2.75, 3.05) is 12.4 Å². The van der Waals surface area contributed by atoms with Gasteiger partial charge in [-0.1, -0.05) is 29.8 Å². The van der Waals surface area contributed by atoms with E-state index in [2.05, 4.69) is 34.9 Å². The van der Waals surface area contributed by atoms with Crippen molar-refractivity contribution in [2.45, 2.75) is 26.2 Å². The first kappa shape index (κ1) is 11.6. The third-order valence-corrected chi connectivity index (χ3v) is 3.78. The maximum atomic E-state index is 5.36. The summed E-state index contributed by atoms with van der Waals surface area (Å²) >= 11 is 3.52. The molecule has 1 rings (SSSR count). The molecule has 0 aromatic carbocycles. The first-order chi connectivity index (χ1) is 6.44. The fraction of sp³-hybridized carbons (Fsp3) is 0.700. The van der Waals surface area contributed by atoms with Gasteiger partial charge in [-0.25, -0.2) is 4.68 Å². The molecule has 1 aromatic heterocycles. The zero-order valence-electron chi connectivity index (χ0n) is 9.39. The summed E-state index contributed by atoms with van der Waals surface area (Å²) in [5.41, 5.74) is 2.26. The Labute approximate surface area is 93.6 Å². The Hall–Kier alpha value is -0.510. The van der Waals surface area contributed by atoms with Crippen LogP contribution in [-0.2, 0) is 12.5 Å². The monoisotopic (exact) mass is 260 g/mol. The van der Waals surface area contributed by atoms with Crippen LogP contribution in [0.1, 0.15) is 25.1 Å². The van der Waals surface area contributed by atoms with Crippen molar-refractivity contribution < 1.29 is 4.74 Å². The molecule has 0 atom stereocenters. The minimum atomic E-state index is 0.0453. The van der Waals surface area contributed by atoms with Crippen LogP contribution in [0.3, 0.4) is 0 Å². The van der Waals surface area contributed by atoms with Crippen LogP contribution < -0.4 is 4.74 Å². The van der Waals surface area contributed by atoms with Gasteiger partial charge in [-0.2, -0.15) is 5.10 Å². The van der Waals surface area contributed by atoms with E-state index >= 15 is 0 Å². The molecule has 0 amide bonds. The molecule has 0 spiro atoms. The molecule has 0 aliphatic rings. The highest BCUT2D eigenvalue weighted by atomic mass is 79.9. The maximum absolute atomic E-state index is 5.36. The highest BCUT2D eigenvalue weighted by Crippen LogP contribution is 2.35. The van der Waals surface area contributed by atoms with E-state index in [1.54, 1.807) is 11.8 Å². The van der Waals surface area contributed by atoms with Gasteiger partial charge >= 0.3 is 0 Å². The van der Waals surface area contributed by atoms with Crippen LogP contribution in [0, 0.1) is 6.92 Å². The number of methoxy groups -OCH3 is 1. The average Bonchev–Trinajstić information content (AvgIpc) is 2.40. The molecule has 0 saturated carbocycles. The molecule has 80 valence electrons. The number of hydrogen-bond donors (Lipinski definition) is 0. The SMILES string of the molecule is COc1c(C(C)(C)CBr)c(C)nn1C. The molecule has 3 nitrogen and oxygen atoms in total. The molecule has 0 fully saturated rings. The highest BCUT2D eigenvalue weighted by Gasteiger charge is 2.28. The maximum Gasteiger partial charge on any atom is 0.215 e. The summed E-state index contributed by atoms with van der Waals surface area (Å²) in [6.07, 6.45) is 0. The fourth-order valence-corrected chi connectivity index (χ4v) is 2.00. The minimum absolute atomic E-state index is 0.0453. The lowest BCUT2D eigenvalue weighted by atomic mass is 9.87. The Morgan fingerprint density at radius 2 is 2.07 bits per heavy atom. The molecule has 4 heteroatoms.